The molecule has 0 amide bonds. The van der Waals surface area contributed by atoms with E-state index in [0.717, 1.165) is 6.42 Å². The molecule has 2 nitrogen and oxygen atoms in total. The van der Waals surface area contributed by atoms with Crippen LogP contribution in [0.4, 0.5) is 4.39 Å². The van der Waals surface area contributed by atoms with Crippen LogP contribution in [0.2, 0.25) is 0 Å². The van der Waals surface area contributed by atoms with Gasteiger partial charge in [-0.25, -0.2) is 4.39 Å². The van der Waals surface area contributed by atoms with Crippen LogP contribution in [0, 0.1) is 11.7 Å². The highest BCUT2D eigenvalue weighted by molar-refractivity contribution is 5.33. The summed E-state index contributed by atoms with van der Waals surface area (Å²) < 4.78 is 18.3. The lowest BCUT2D eigenvalue weighted by molar-refractivity contribution is 0.254. The van der Waals surface area contributed by atoms with Crippen LogP contribution in [0.1, 0.15) is 25.8 Å². The Bertz CT molecular complexity index is 310. The van der Waals surface area contributed by atoms with Gasteiger partial charge in [0, 0.05) is 5.56 Å². The summed E-state index contributed by atoms with van der Waals surface area (Å²) in [5.41, 5.74) is 0.499. The van der Waals surface area contributed by atoms with Gasteiger partial charge < -0.3 is 9.84 Å². The lowest BCUT2D eigenvalue weighted by Crippen LogP contribution is -2.03. The summed E-state index contributed by atoms with van der Waals surface area (Å²) >= 11 is 0. The second-order valence-electron chi connectivity index (χ2n) is 3.94. The number of hydrogen-bond acceptors (Lipinski definition) is 2. The van der Waals surface area contributed by atoms with Crippen molar-refractivity contribution in [1.29, 1.82) is 0 Å². The highest BCUT2D eigenvalue weighted by Crippen LogP contribution is 2.20. The number of benzene rings is 1. The number of hydrogen-bond donors (Lipinski definition) is 1. The molecule has 0 heterocycles. The molecule has 15 heavy (non-hydrogen) atoms. The van der Waals surface area contributed by atoms with Crippen LogP contribution in [0.25, 0.3) is 0 Å². The average molecular weight is 212 g/mol. The van der Waals surface area contributed by atoms with Crippen molar-refractivity contribution in [3.05, 3.63) is 29.6 Å². The SMILES string of the molecule is CC(C)CCOc1ccc(F)cc1CO. The van der Waals surface area contributed by atoms with Crippen molar-refractivity contribution in [2.45, 2.75) is 26.9 Å². The fraction of sp³-hybridized carbons (Fsp3) is 0.500. The van der Waals surface area contributed by atoms with E-state index in [4.69, 9.17) is 9.84 Å². The zero-order valence-electron chi connectivity index (χ0n) is 9.16. The van der Waals surface area contributed by atoms with Gasteiger partial charge in [-0.1, -0.05) is 13.8 Å². The molecule has 0 fully saturated rings. The van der Waals surface area contributed by atoms with E-state index in [9.17, 15) is 4.39 Å². The Labute approximate surface area is 89.7 Å². The molecule has 0 aliphatic carbocycles. The average Bonchev–Trinajstić information content (AvgIpc) is 2.19. The Morgan fingerprint density at radius 1 is 1.40 bits per heavy atom. The molecule has 0 saturated heterocycles. The smallest absolute Gasteiger partial charge is 0.125 e. The maximum Gasteiger partial charge on any atom is 0.125 e. The topological polar surface area (TPSA) is 29.5 Å². The van der Waals surface area contributed by atoms with Crippen molar-refractivity contribution in [3.63, 3.8) is 0 Å². The van der Waals surface area contributed by atoms with E-state index in [1.54, 1.807) is 6.07 Å². The number of rotatable bonds is 5. The standard InChI is InChI=1S/C12H17FO2/c1-9(2)5-6-15-12-4-3-11(13)7-10(12)8-14/h3-4,7,9,14H,5-6,8H2,1-2H3. The minimum Gasteiger partial charge on any atom is -0.493 e. The molecular weight excluding hydrogens is 195 g/mol. The van der Waals surface area contributed by atoms with Gasteiger partial charge in [-0.2, -0.15) is 0 Å². The number of ether oxygens (including phenoxy) is 1. The molecule has 3 heteroatoms. The lowest BCUT2D eigenvalue weighted by atomic mass is 10.1. The molecule has 0 saturated carbocycles. The van der Waals surface area contributed by atoms with Crippen LogP contribution < -0.4 is 4.74 Å². The quantitative estimate of drug-likeness (QED) is 0.813. The largest absolute Gasteiger partial charge is 0.493 e. The number of halogens is 1. The first-order chi connectivity index (χ1) is 7.13. The van der Waals surface area contributed by atoms with Gasteiger partial charge in [0.05, 0.1) is 13.2 Å². The van der Waals surface area contributed by atoms with E-state index in [0.29, 0.717) is 23.8 Å². The number of aliphatic hydroxyl groups excluding tert-OH is 1. The van der Waals surface area contributed by atoms with Gasteiger partial charge in [0.2, 0.25) is 0 Å². The minimum absolute atomic E-state index is 0.200. The zero-order chi connectivity index (χ0) is 11.3. The zero-order valence-corrected chi connectivity index (χ0v) is 9.16. The first-order valence-electron chi connectivity index (χ1n) is 5.15. The molecule has 0 aliphatic rings. The van der Waals surface area contributed by atoms with E-state index < -0.39 is 0 Å². The Hall–Kier alpha value is -1.09. The fourth-order valence-corrected chi connectivity index (χ4v) is 1.22. The van der Waals surface area contributed by atoms with Gasteiger partial charge in [0.1, 0.15) is 11.6 Å². The van der Waals surface area contributed by atoms with Gasteiger partial charge in [0.15, 0.2) is 0 Å². The van der Waals surface area contributed by atoms with Crippen molar-refractivity contribution in [3.8, 4) is 5.75 Å². The summed E-state index contributed by atoms with van der Waals surface area (Å²) in [5.74, 6) is 0.790. The predicted octanol–water partition coefficient (Wildman–Crippen LogP) is 2.74. The molecule has 0 aliphatic heterocycles. The molecule has 0 spiro atoms. The molecule has 0 bridgehead atoms. The Morgan fingerprint density at radius 3 is 2.73 bits per heavy atom. The van der Waals surface area contributed by atoms with E-state index in [2.05, 4.69) is 13.8 Å². The summed E-state index contributed by atoms with van der Waals surface area (Å²) in [5, 5.41) is 9.00. The van der Waals surface area contributed by atoms with E-state index >= 15 is 0 Å². The Balaban J connectivity index is 2.60. The lowest BCUT2D eigenvalue weighted by Gasteiger charge is -2.11. The third-order valence-corrected chi connectivity index (χ3v) is 2.15. The molecule has 0 radical (unpaired) electrons. The highest BCUT2D eigenvalue weighted by atomic mass is 19.1. The Kier molecular flexibility index (Phi) is 4.56. The van der Waals surface area contributed by atoms with Crippen molar-refractivity contribution in [1.82, 2.24) is 0 Å². The normalized spacial score (nSPS) is 10.7. The van der Waals surface area contributed by atoms with Gasteiger partial charge in [0.25, 0.3) is 0 Å². The van der Waals surface area contributed by atoms with Crippen LogP contribution in [0.15, 0.2) is 18.2 Å². The van der Waals surface area contributed by atoms with Crippen LogP contribution in [-0.2, 0) is 6.61 Å². The third kappa shape index (κ3) is 3.88. The predicted molar refractivity (Wildman–Crippen MR) is 57.3 cm³/mol. The third-order valence-electron chi connectivity index (χ3n) is 2.15. The first kappa shape index (κ1) is 12.0. The summed E-state index contributed by atoms with van der Waals surface area (Å²) in [4.78, 5) is 0. The van der Waals surface area contributed by atoms with Crippen LogP contribution in [0.3, 0.4) is 0 Å². The van der Waals surface area contributed by atoms with Crippen molar-refractivity contribution < 1.29 is 14.2 Å². The van der Waals surface area contributed by atoms with Gasteiger partial charge in [-0.15, -0.1) is 0 Å². The van der Waals surface area contributed by atoms with Gasteiger partial charge in [-0.05, 0) is 30.5 Å². The maximum atomic E-state index is 12.8. The van der Waals surface area contributed by atoms with E-state index in [-0.39, 0.29) is 12.4 Å². The van der Waals surface area contributed by atoms with E-state index in [1.807, 2.05) is 0 Å². The van der Waals surface area contributed by atoms with E-state index in [1.165, 1.54) is 12.1 Å². The van der Waals surface area contributed by atoms with Crippen LogP contribution in [0.5, 0.6) is 5.75 Å². The van der Waals surface area contributed by atoms with Crippen LogP contribution >= 0.6 is 0 Å². The second kappa shape index (κ2) is 5.71. The first-order valence-corrected chi connectivity index (χ1v) is 5.15. The minimum atomic E-state index is -0.352. The van der Waals surface area contributed by atoms with Crippen LogP contribution in [-0.4, -0.2) is 11.7 Å². The Morgan fingerprint density at radius 2 is 2.13 bits per heavy atom. The number of aliphatic hydroxyl groups is 1. The molecule has 0 unspecified atom stereocenters. The highest BCUT2D eigenvalue weighted by Gasteiger charge is 2.04. The van der Waals surface area contributed by atoms with Crippen molar-refractivity contribution in [2.75, 3.05) is 6.61 Å². The summed E-state index contributed by atoms with van der Waals surface area (Å²) in [6.45, 7) is 4.62. The molecule has 0 aromatic heterocycles. The van der Waals surface area contributed by atoms with Gasteiger partial charge >= 0.3 is 0 Å². The maximum absolute atomic E-state index is 12.8. The fourth-order valence-electron chi connectivity index (χ4n) is 1.22. The molecule has 1 aromatic carbocycles. The summed E-state index contributed by atoms with van der Waals surface area (Å²) in [7, 11) is 0. The summed E-state index contributed by atoms with van der Waals surface area (Å²) in [6.07, 6.45) is 0.947. The van der Waals surface area contributed by atoms with Gasteiger partial charge in [-0.3, -0.25) is 0 Å². The monoisotopic (exact) mass is 212 g/mol. The second-order valence-corrected chi connectivity index (χ2v) is 3.94. The summed E-state index contributed by atoms with van der Waals surface area (Å²) in [6, 6.07) is 4.19. The molecule has 1 rings (SSSR count). The molecule has 84 valence electrons. The van der Waals surface area contributed by atoms with Crippen molar-refractivity contribution >= 4 is 0 Å². The molecule has 1 N–H and O–H groups in total. The molecule has 1 aromatic rings. The molecule has 0 atom stereocenters. The molecular formula is C12H17FO2. The van der Waals surface area contributed by atoms with Crippen molar-refractivity contribution in [2.24, 2.45) is 5.92 Å².